The van der Waals surface area contributed by atoms with Gasteiger partial charge in [-0.3, -0.25) is 4.79 Å². The molecule has 2 aromatic heterocycles. The van der Waals surface area contributed by atoms with Crippen molar-refractivity contribution in [2.24, 2.45) is 0 Å². The minimum Gasteiger partial charge on any atom is -0.324 e. The number of anilines is 1. The minimum atomic E-state index is -0.107. The Morgan fingerprint density at radius 3 is 3.00 bits per heavy atom. The highest BCUT2D eigenvalue weighted by atomic mass is 16.1. The zero-order valence-corrected chi connectivity index (χ0v) is 11.8. The van der Waals surface area contributed by atoms with Gasteiger partial charge in [-0.25, -0.2) is 9.67 Å². The van der Waals surface area contributed by atoms with E-state index in [1.54, 1.807) is 18.5 Å². The number of carbonyl (C=O) groups is 1. The largest absolute Gasteiger partial charge is 0.324 e. The number of hydrogen-bond acceptors (Lipinski definition) is 4. The molecule has 106 valence electrons. The van der Waals surface area contributed by atoms with E-state index in [4.69, 9.17) is 0 Å². The highest BCUT2D eigenvalue weighted by Gasteiger charge is 2.09. The SMILES string of the molecule is C=CCNCC(=O)Nc1cnc2c(cnn2C(C)C)c1. The van der Waals surface area contributed by atoms with Crippen molar-refractivity contribution in [1.82, 2.24) is 20.1 Å². The molecule has 0 unspecified atom stereocenters. The fraction of sp³-hybridized carbons (Fsp3) is 0.357. The van der Waals surface area contributed by atoms with Crippen LogP contribution in [0.25, 0.3) is 11.0 Å². The second kappa shape index (κ2) is 6.29. The molecule has 0 aliphatic heterocycles. The average Bonchev–Trinajstić information content (AvgIpc) is 2.82. The molecule has 2 aromatic rings. The van der Waals surface area contributed by atoms with Gasteiger partial charge in [0.25, 0.3) is 0 Å². The van der Waals surface area contributed by atoms with Gasteiger partial charge in [-0.05, 0) is 19.9 Å². The lowest BCUT2D eigenvalue weighted by Crippen LogP contribution is -2.28. The molecular formula is C14H19N5O. The quantitative estimate of drug-likeness (QED) is 0.621. The first-order valence-corrected chi connectivity index (χ1v) is 6.56. The third-order valence-electron chi connectivity index (χ3n) is 2.78. The van der Waals surface area contributed by atoms with Gasteiger partial charge in [0, 0.05) is 18.0 Å². The summed E-state index contributed by atoms with van der Waals surface area (Å²) in [6.45, 7) is 8.53. The number of hydrogen-bond donors (Lipinski definition) is 2. The van der Waals surface area contributed by atoms with E-state index in [2.05, 4.69) is 41.1 Å². The zero-order valence-electron chi connectivity index (χ0n) is 11.8. The van der Waals surface area contributed by atoms with Gasteiger partial charge in [0.2, 0.25) is 5.91 Å². The van der Waals surface area contributed by atoms with E-state index < -0.39 is 0 Å². The number of amides is 1. The maximum absolute atomic E-state index is 11.7. The smallest absolute Gasteiger partial charge is 0.238 e. The molecule has 0 aromatic carbocycles. The fourth-order valence-corrected chi connectivity index (χ4v) is 1.88. The molecule has 0 fully saturated rings. The normalized spacial score (nSPS) is 10.9. The summed E-state index contributed by atoms with van der Waals surface area (Å²) in [5.74, 6) is -0.107. The molecule has 6 heteroatoms. The lowest BCUT2D eigenvalue weighted by atomic mass is 10.3. The van der Waals surface area contributed by atoms with E-state index in [0.717, 1.165) is 11.0 Å². The summed E-state index contributed by atoms with van der Waals surface area (Å²) in [7, 11) is 0. The number of aromatic nitrogens is 3. The zero-order chi connectivity index (χ0) is 14.5. The summed E-state index contributed by atoms with van der Waals surface area (Å²) in [5, 5.41) is 10.9. The van der Waals surface area contributed by atoms with Crippen LogP contribution in [0.15, 0.2) is 31.1 Å². The molecule has 20 heavy (non-hydrogen) atoms. The van der Waals surface area contributed by atoms with Crippen LogP contribution in [0.5, 0.6) is 0 Å². The Balaban J connectivity index is 2.08. The highest BCUT2D eigenvalue weighted by Crippen LogP contribution is 2.18. The number of carbonyl (C=O) groups excluding carboxylic acids is 1. The fourth-order valence-electron chi connectivity index (χ4n) is 1.88. The Morgan fingerprint density at radius 2 is 2.30 bits per heavy atom. The predicted octanol–water partition coefficient (Wildman–Crippen LogP) is 1.73. The van der Waals surface area contributed by atoms with Gasteiger partial charge in [0.15, 0.2) is 5.65 Å². The topological polar surface area (TPSA) is 71.8 Å². The van der Waals surface area contributed by atoms with Gasteiger partial charge >= 0.3 is 0 Å². The van der Waals surface area contributed by atoms with E-state index in [1.165, 1.54) is 0 Å². The number of fused-ring (bicyclic) bond motifs is 1. The van der Waals surface area contributed by atoms with E-state index in [9.17, 15) is 4.79 Å². The van der Waals surface area contributed by atoms with Gasteiger partial charge in [-0.2, -0.15) is 5.10 Å². The van der Waals surface area contributed by atoms with Crippen molar-refractivity contribution < 1.29 is 4.79 Å². The van der Waals surface area contributed by atoms with Crippen LogP contribution in [0.3, 0.4) is 0 Å². The van der Waals surface area contributed by atoms with Crippen molar-refractivity contribution in [2.45, 2.75) is 19.9 Å². The first-order chi connectivity index (χ1) is 9.61. The van der Waals surface area contributed by atoms with Gasteiger partial charge < -0.3 is 10.6 Å². The summed E-state index contributed by atoms with van der Waals surface area (Å²) in [6, 6.07) is 2.13. The second-order valence-corrected chi connectivity index (χ2v) is 4.79. The monoisotopic (exact) mass is 273 g/mol. The van der Waals surface area contributed by atoms with Crippen LogP contribution in [0.2, 0.25) is 0 Å². The van der Waals surface area contributed by atoms with Crippen LogP contribution in [-0.4, -0.2) is 33.8 Å². The Labute approximate surface area is 117 Å². The number of nitrogens with one attached hydrogen (secondary N) is 2. The van der Waals surface area contributed by atoms with Crippen molar-refractivity contribution in [1.29, 1.82) is 0 Å². The summed E-state index contributed by atoms with van der Waals surface area (Å²) in [5.41, 5.74) is 1.49. The van der Waals surface area contributed by atoms with E-state index >= 15 is 0 Å². The second-order valence-electron chi connectivity index (χ2n) is 4.79. The van der Waals surface area contributed by atoms with Crippen LogP contribution in [-0.2, 0) is 4.79 Å². The maximum Gasteiger partial charge on any atom is 0.238 e. The molecule has 0 saturated heterocycles. The summed E-state index contributed by atoms with van der Waals surface area (Å²) < 4.78 is 1.85. The molecule has 0 spiro atoms. The third kappa shape index (κ3) is 3.21. The number of pyridine rings is 1. The molecule has 0 bridgehead atoms. The van der Waals surface area contributed by atoms with E-state index in [0.29, 0.717) is 12.2 Å². The standard InChI is InChI=1S/C14H19N5O/c1-4-5-15-9-13(20)18-12-6-11-7-17-19(10(2)3)14(11)16-8-12/h4,6-8,10,15H,1,5,9H2,2-3H3,(H,18,20). The molecule has 0 saturated carbocycles. The number of rotatable bonds is 6. The van der Waals surface area contributed by atoms with Gasteiger partial charge in [-0.1, -0.05) is 6.08 Å². The van der Waals surface area contributed by atoms with Gasteiger partial charge in [-0.15, -0.1) is 6.58 Å². The van der Waals surface area contributed by atoms with E-state index in [1.807, 2.05) is 10.7 Å². The Kier molecular flexibility index (Phi) is 4.47. The van der Waals surface area contributed by atoms with Gasteiger partial charge in [0.05, 0.1) is 24.6 Å². The lowest BCUT2D eigenvalue weighted by molar-refractivity contribution is -0.115. The molecule has 2 heterocycles. The van der Waals surface area contributed by atoms with Crippen LogP contribution in [0.1, 0.15) is 19.9 Å². The molecule has 0 aliphatic rings. The Morgan fingerprint density at radius 1 is 1.50 bits per heavy atom. The van der Waals surface area contributed by atoms with Crippen molar-refractivity contribution >= 4 is 22.6 Å². The molecule has 6 nitrogen and oxygen atoms in total. The highest BCUT2D eigenvalue weighted by molar-refractivity contribution is 5.93. The van der Waals surface area contributed by atoms with Gasteiger partial charge in [0.1, 0.15) is 0 Å². The third-order valence-corrected chi connectivity index (χ3v) is 2.78. The predicted molar refractivity (Wildman–Crippen MR) is 79.6 cm³/mol. The molecule has 0 aliphatic carbocycles. The maximum atomic E-state index is 11.7. The molecule has 2 N–H and O–H groups in total. The molecule has 0 atom stereocenters. The molecular weight excluding hydrogens is 254 g/mol. The van der Waals surface area contributed by atoms with Crippen LogP contribution >= 0.6 is 0 Å². The summed E-state index contributed by atoms with van der Waals surface area (Å²) in [6.07, 6.45) is 5.11. The molecule has 0 radical (unpaired) electrons. The first-order valence-electron chi connectivity index (χ1n) is 6.56. The number of nitrogens with zero attached hydrogens (tertiary/aromatic N) is 3. The molecule has 2 rings (SSSR count). The Hall–Kier alpha value is -2.21. The van der Waals surface area contributed by atoms with E-state index in [-0.39, 0.29) is 18.5 Å². The van der Waals surface area contributed by atoms with Crippen LogP contribution < -0.4 is 10.6 Å². The summed E-state index contributed by atoms with van der Waals surface area (Å²) in [4.78, 5) is 16.0. The van der Waals surface area contributed by atoms with Crippen LogP contribution in [0, 0.1) is 0 Å². The van der Waals surface area contributed by atoms with Crippen molar-refractivity contribution in [3.63, 3.8) is 0 Å². The van der Waals surface area contributed by atoms with Crippen molar-refractivity contribution in [2.75, 3.05) is 18.4 Å². The minimum absolute atomic E-state index is 0.107. The first kappa shape index (κ1) is 14.2. The van der Waals surface area contributed by atoms with Crippen LogP contribution in [0.4, 0.5) is 5.69 Å². The van der Waals surface area contributed by atoms with Crippen molar-refractivity contribution in [3.05, 3.63) is 31.1 Å². The molecule has 1 amide bonds. The van der Waals surface area contributed by atoms with Crippen molar-refractivity contribution in [3.8, 4) is 0 Å². The summed E-state index contributed by atoms with van der Waals surface area (Å²) >= 11 is 0. The Bertz CT molecular complexity index is 617. The lowest BCUT2D eigenvalue weighted by Gasteiger charge is -2.07. The average molecular weight is 273 g/mol.